The first kappa shape index (κ1) is 24.6. The zero-order chi connectivity index (χ0) is 24.5. The van der Waals surface area contributed by atoms with Crippen molar-refractivity contribution in [1.82, 2.24) is 15.3 Å². The molecule has 0 aliphatic carbocycles. The van der Waals surface area contributed by atoms with Crippen molar-refractivity contribution >= 4 is 5.91 Å². The highest BCUT2D eigenvalue weighted by atomic mass is 19.3. The molecule has 0 radical (unpaired) electrons. The summed E-state index contributed by atoms with van der Waals surface area (Å²) in [6.45, 7) is -0.318. The molecular formula is C25H23F2N3O4. The molecule has 7 nitrogen and oxygen atoms in total. The Balaban J connectivity index is 1.77. The summed E-state index contributed by atoms with van der Waals surface area (Å²) in [4.78, 5) is 30.4. The molecule has 0 aliphatic heterocycles. The molecule has 3 N–H and O–H groups in total. The minimum atomic E-state index is -2.74. The van der Waals surface area contributed by atoms with Crippen molar-refractivity contribution in [1.29, 1.82) is 0 Å². The fraction of sp³-hybridized carbons (Fsp3) is 0.240. The van der Waals surface area contributed by atoms with Crippen molar-refractivity contribution < 1.29 is 23.4 Å². The quantitative estimate of drug-likeness (QED) is 0.442. The molecule has 3 aromatic rings. The van der Waals surface area contributed by atoms with Gasteiger partial charge in [0, 0.05) is 18.2 Å². The number of carbonyl (C=O) groups is 1. The molecule has 3 rings (SSSR count). The SMILES string of the molecule is COCc1ccc(C#Cc2ccc(CC(C(=O)NCC(F)F)c3nc[nH]c(=O)c3O)cc2)cc1. The van der Waals surface area contributed by atoms with Crippen LogP contribution in [-0.2, 0) is 22.6 Å². The molecule has 2 aromatic carbocycles. The number of amides is 1. The Morgan fingerprint density at radius 2 is 1.68 bits per heavy atom. The third-order valence-electron chi connectivity index (χ3n) is 4.94. The Kier molecular flexibility index (Phi) is 8.48. The van der Waals surface area contributed by atoms with Crippen LogP contribution in [0.25, 0.3) is 0 Å². The van der Waals surface area contributed by atoms with E-state index in [1.165, 1.54) is 0 Å². The number of nitrogens with one attached hydrogen (secondary N) is 2. The topological polar surface area (TPSA) is 104 Å². The van der Waals surface area contributed by atoms with Crippen LogP contribution >= 0.6 is 0 Å². The maximum atomic E-state index is 12.6. The molecule has 1 aromatic heterocycles. The van der Waals surface area contributed by atoms with Gasteiger partial charge in [-0.05, 0) is 41.8 Å². The molecule has 1 amide bonds. The third-order valence-corrected chi connectivity index (χ3v) is 4.94. The van der Waals surface area contributed by atoms with E-state index in [2.05, 4.69) is 27.1 Å². The van der Waals surface area contributed by atoms with Crippen molar-refractivity contribution in [2.24, 2.45) is 0 Å². The first-order valence-electron chi connectivity index (χ1n) is 10.4. The van der Waals surface area contributed by atoms with Crippen molar-refractivity contribution in [3.63, 3.8) is 0 Å². The van der Waals surface area contributed by atoms with E-state index in [0.717, 1.165) is 23.0 Å². The average molecular weight is 467 g/mol. The Bertz CT molecular complexity index is 1230. The number of aromatic nitrogens is 2. The standard InChI is InChI=1S/C25H23F2N3O4/c1-34-14-19-10-6-17(7-11-19)3-2-16-4-8-18(9-5-16)12-20(24(32)28-13-21(26)27)22-23(31)25(33)30-15-29-22/h4-11,15,20-21,31H,12-14H2,1H3,(H,28,32)(H,29,30,33). The van der Waals surface area contributed by atoms with Gasteiger partial charge in [0.25, 0.3) is 12.0 Å². The summed E-state index contributed by atoms with van der Waals surface area (Å²) in [5, 5.41) is 12.2. The van der Waals surface area contributed by atoms with Crippen molar-refractivity contribution in [3.05, 3.63) is 93.2 Å². The summed E-state index contributed by atoms with van der Waals surface area (Å²) in [5.74, 6) is 3.50. The van der Waals surface area contributed by atoms with Crippen molar-refractivity contribution in [3.8, 4) is 17.6 Å². The zero-order valence-electron chi connectivity index (χ0n) is 18.3. The highest BCUT2D eigenvalue weighted by Crippen LogP contribution is 2.24. The van der Waals surface area contributed by atoms with Crippen LogP contribution in [0.3, 0.4) is 0 Å². The van der Waals surface area contributed by atoms with E-state index >= 15 is 0 Å². The third kappa shape index (κ3) is 6.73. The molecular weight excluding hydrogens is 444 g/mol. The molecule has 0 spiro atoms. The second-order valence-electron chi connectivity index (χ2n) is 7.44. The molecule has 1 heterocycles. The lowest BCUT2D eigenvalue weighted by atomic mass is 9.94. The fourth-order valence-corrected chi connectivity index (χ4v) is 3.23. The Labute approximate surface area is 194 Å². The van der Waals surface area contributed by atoms with Crippen molar-refractivity contribution in [2.45, 2.75) is 25.4 Å². The van der Waals surface area contributed by atoms with Gasteiger partial charge in [0.15, 0.2) is 0 Å². The number of methoxy groups -OCH3 is 1. The van der Waals surface area contributed by atoms with Crippen LogP contribution < -0.4 is 10.9 Å². The van der Waals surface area contributed by atoms with Gasteiger partial charge in [-0.15, -0.1) is 0 Å². The number of benzene rings is 2. The van der Waals surface area contributed by atoms with Crippen LogP contribution in [0.15, 0.2) is 59.7 Å². The predicted molar refractivity (Wildman–Crippen MR) is 122 cm³/mol. The lowest BCUT2D eigenvalue weighted by Crippen LogP contribution is -2.34. The molecule has 34 heavy (non-hydrogen) atoms. The van der Waals surface area contributed by atoms with Crippen LogP contribution in [0, 0.1) is 11.8 Å². The summed E-state index contributed by atoms with van der Waals surface area (Å²) in [7, 11) is 1.63. The van der Waals surface area contributed by atoms with Gasteiger partial charge in [0.05, 0.1) is 25.4 Å². The summed E-state index contributed by atoms with van der Waals surface area (Å²) in [6.07, 6.45) is -1.65. The lowest BCUT2D eigenvalue weighted by molar-refractivity contribution is -0.123. The van der Waals surface area contributed by atoms with Gasteiger partial charge in [-0.2, -0.15) is 0 Å². The van der Waals surface area contributed by atoms with E-state index in [1.807, 2.05) is 24.3 Å². The maximum absolute atomic E-state index is 12.6. The number of hydrogen-bond acceptors (Lipinski definition) is 5. The van der Waals surface area contributed by atoms with Gasteiger partial charge in [0.2, 0.25) is 11.7 Å². The number of nitrogens with zero attached hydrogens (tertiary/aromatic N) is 1. The highest BCUT2D eigenvalue weighted by molar-refractivity contribution is 5.84. The molecule has 0 saturated carbocycles. The van der Waals surface area contributed by atoms with Gasteiger partial charge in [-0.1, -0.05) is 36.1 Å². The van der Waals surface area contributed by atoms with E-state index < -0.39 is 36.1 Å². The lowest BCUT2D eigenvalue weighted by Gasteiger charge is -2.17. The largest absolute Gasteiger partial charge is 0.502 e. The number of carbonyl (C=O) groups excluding carboxylic acids is 1. The number of aromatic hydroxyl groups is 1. The van der Waals surface area contributed by atoms with Gasteiger partial charge in [-0.3, -0.25) is 9.59 Å². The summed E-state index contributed by atoms with van der Waals surface area (Å²) >= 11 is 0. The van der Waals surface area contributed by atoms with E-state index in [9.17, 15) is 23.5 Å². The summed E-state index contributed by atoms with van der Waals surface area (Å²) in [5.41, 5.74) is 2.29. The van der Waals surface area contributed by atoms with E-state index in [4.69, 9.17) is 4.74 Å². The number of rotatable bonds is 8. The Hall–Kier alpha value is -4.03. The van der Waals surface area contributed by atoms with E-state index in [1.54, 1.807) is 31.4 Å². The van der Waals surface area contributed by atoms with Crippen molar-refractivity contribution in [2.75, 3.05) is 13.7 Å². The van der Waals surface area contributed by atoms with E-state index in [-0.39, 0.29) is 12.1 Å². The smallest absolute Gasteiger partial charge is 0.293 e. The highest BCUT2D eigenvalue weighted by Gasteiger charge is 2.27. The number of halogens is 2. The number of ether oxygens (including phenoxy) is 1. The predicted octanol–water partition coefficient (Wildman–Crippen LogP) is 2.73. The molecule has 0 aliphatic rings. The molecule has 9 heteroatoms. The molecule has 1 unspecified atom stereocenters. The van der Waals surface area contributed by atoms with Crippen LogP contribution in [-0.4, -0.2) is 41.1 Å². The number of aromatic amines is 1. The molecule has 176 valence electrons. The van der Waals surface area contributed by atoms with Crippen LogP contribution in [0.2, 0.25) is 0 Å². The number of hydrogen-bond donors (Lipinski definition) is 3. The van der Waals surface area contributed by atoms with Gasteiger partial charge < -0.3 is 20.1 Å². The second-order valence-corrected chi connectivity index (χ2v) is 7.44. The van der Waals surface area contributed by atoms with Crippen LogP contribution in [0.1, 0.15) is 33.9 Å². The summed E-state index contributed by atoms with van der Waals surface area (Å²) < 4.78 is 30.2. The summed E-state index contributed by atoms with van der Waals surface area (Å²) in [6, 6.07) is 14.7. The average Bonchev–Trinajstić information content (AvgIpc) is 2.83. The Morgan fingerprint density at radius 1 is 1.09 bits per heavy atom. The number of H-pyrrole nitrogens is 1. The van der Waals surface area contributed by atoms with Gasteiger partial charge in [0.1, 0.15) is 5.69 Å². The van der Waals surface area contributed by atoms with Crippen LogP contribution in [0.4, 0.5) is 8.78 Å². The monoisotopic (exact) mass is 467 g/mol. The fourth-order valence-electron chi connectivity index (χ4n) is 3.23. The minimum Gasteiger partial charge on any atom is -0.502 e. The van der Waals surface area contributed by atoms with Gasteiger partial charge >= 0.3 is 0 Å². The second kappa shape index (κ2) is 11.7. The minimum absolute atomic E-state index is 0.0355. The maximum Gasteiger partial charge on any atom is 0.293 e. The van der Waals surface area contributed by atoms with Gasteiger partial charge in [-0.25, -0.2) is 13.8 Å². The molecule has 1 atom stereocenters. The normalized spacial score (nSPS) is 11.5. The zero-order valence-corrected chi connectivity index (χ0v) is 18.3. The molecule has 0 saturated heterocycles. The Morgan fingerprint density at radius 3 is 2.24 bits per heavy atom. The number of alkyl halides is 2. The van der Waals surface area contributed by atoms with E-state index in [0.29, 0.717) is 12.2 Å². The molecule has 0 bridgehead atoms. The van der Waals surface area contributed by atoms with Crippen LogP contribution in [0.5, 0.6) is 5.75 Å². The first-order valence-corrected chi connectivity index (χ1v) is 10.4. The molecule has 0 fully saturated rings. The first-order chi connectivity index (χ1) is 16.4.